The molecular formula is C23H32N6O5. The van der Waals surface area contributed by atoms with Gasteiger partial charge in [0.15, 0.2) is 0 Å². The number of hydrogen-bond donors (Lipinski definition) is 1. The van der Waals surface area contributed by atoms with Crippen LogP contribution in [-0.2, 0) is 23.2 Å². The van der Waals surface area contributed by atoms with E-state index in [0.29, 0.717) is 60.4 Å². The predicted molar refractivity (Wildman–Crippen MR) is 121 cm³/mol. The van der Waals surface area contributed by atoms with E-state index in [1.165, 1.54) is 12.8 Å². The summed E-state index contributed by atoms with van der Waals surface area (Å²) in [5.41, 5.74) is 2.17. The van der Waals surface area contributed by atoms with Gasteiger partial charge in [-0.05, 0) is 44.9 Å². The molecule has 0 aromatic carbocycles. The minimum Gasteiger partial charge on any atom is -0.481 e. The molecule has 0 unspecified atom stereocenters. The number of carboxylic acids is 1. The van der Waals surface area contributed by atoms with Crippen LogP contribution >= 0.6 is 0 Å². The number of aromatic nitrogens is 5. The molecule has 2 aliphatic carbocycles. The molecular weight excluding hydrogens is 440 g/mol. The molecule has 11 heteroatoms. The van der Waals surface area contributed by atoms with E-state index in [-0.39, 0.29) is 24.7 Å². The lowest BCUT2D eigenvalue weighted by atomic mass is 10.1. The molecule has 0 saturated heterocycles. The Morgan fingerprint density at radius 1 is 1.24 bits per heavy atom. The van der Waals surface area contributed by atoms with Gasteiger partial charge in [-0.15, -0.1) is 5.10 Å². The topological polar surface area (TPSA) is 133 Å². The van der Waals surface area contributed by atoms with E-state index in [2.05, 4.69) is 20.3 Å². The van der Waals surface area contributed by atoms with Gasteiger partial charge in [-0.25, -0.2) is 19.4 Å². The fourth-order valence-corrected chi connectivity index (χ4v) is 4.76. The van der Waals surface area contributed by atoms with Gasteiger partial charge in [0, 0.05) is 20.6 Å². The molecule has 2 heterocycles. The highest BCUT2D eigenvalue weighted by Crippen LogP contribution is 2.30. The molecule has 2 atom stereocenters. The first kappa shape index (κ1) is 23.9. The van der Waals surface area contributed by atoms with Crippen molar-refractivity contribution in [1.29, 1.82) is 0 Å². The number of aryl methyl sites for hydroxylation is 2. The summed E-state index contributed by atoms with van der Waals surface area (Å²) in [5.74, 6) is -0.237. The van der Waals surface area contributed by atoms with Crippen LogP contribution in [0.4, 0.5) is 4.79 Å². The Balaban J connectivity index is 1.39. The second-order valence-electron chi connectivity index (χ2n) is 9.33. The molecule has 2 aliphatic rings. The number of ether oxygens (including phenoxy) is 2. The van der Waals surface area contributed by atoms with Crippen LogP contribution < -0.4 is 4.74 Å². The van der Waals surface area contributed by atoms with E-state index < -0.39 is 5.97 Å². The van der Waals surface area contributed by atoms with Crippen LogP contribution in [0.25, 0.3) is 11.4 Å². The maximum Gasteiger partial charge on any atom is 0.409 e. The average molecular weight is 473 g/mol. The molecule has 1 amide bonds. The minimum absolute atomic E-state index is 0.0182. The Labute approximate surface area is 198 Å². The molecule has 1 N–H and O–H groups in total. The number of carbonyl (C=O) groups is 2. The predicted octanol–water partition coefficient (Wildman–Crippen LogP) is 2.97. The summed E-state index contributed by atoms with van der Waals surface area (Å²) >= 11 is 0. The number of carboxylic acid groups (broad SMARTS) is 1. The van der Waals surface area contributed by atoms with E-state index >= 15 is 0 Å². The van der Waals surface area contributed by atoms with E-state index in [1.54, 1.807) is 36.8 Å². The van der Waals surface area contributed by atoms with Crippen molar-refractivity contribution in [2.24, 2.45) is 18.9 Å². The van der Waals surface area contributed by atoms with Crippen LogP contribution in [0, 0.1) is 18.8 Å². The molecule has 184 valence electrons. The maximum atomic E-state index is 12.5. The molecule has 0 spiro atoms. The number of aliphatic carboxylic acids is 1. The highest BCUT2D eigenvalue weighted by atomic mass is 16.6. The Morgan fingerprint density at radius 3 is 2.68 bits per heavy atom. The molecule has 0 aliphatic heterocycles. The van der Waals surface area contributed by atoms with Crippen LogP contribution in [0.1, 0.15) is 56.3 Å². The van der Waals surface area contributed by atoms with Gasteiger partial charge in [0.2, 0.25) is 5.88 Å². The fraction of sp³-hybridized carbons (Fsp3) is 0.652. The molecule has 34 heavy (non-hydrogen) atoms. The van der Waals surface area contributed by atoms with Crippen LogP contribution in [0.5, 0.6) is 5.88 Å². The van der Waals surface area contributed by atoms with E-state index in [0.717, 1.165) is 12.8 Å². The van der Waals surface area contributed by atoms with Crippen molar-refractivity contribution in [1.82, 2.24) is 29.9 Å². The SMILES string of the molecule is Cc1nc(-c2nnn(C)c2COC(=O)N(C)CC2CCCC2)cnc1O[C@H]1CC[C@H](C(=O)O)C1. The van der Waals surface area contributed by atoms with Crippen molar-refractivity contribution in [2.75, 3.05) is 13.6 Å². The zero-order valence-corrected chi connectivity index (χ0v) is 19.9. The van der Waals surface area contributed by atoms with Crippen molar-refractivity contribution >= 4 is 12.1 Å². The van der Waals surface area contributed by atoms with Crippen molar-refractivity contribution in [3.05, 3.63) is 17.6 Å². The first-order valence-electron chi connectivity index (χ1n) is 11.8. The lowest BCUT2D eigenvalue weighted by Gasteiger charge is -2.20. The van der Waals surface area contributed by atoms with Crippen LogP contribution in [-0.4, -0.2) is 66.7 Å². The lowest BCUT2D eigenvalue weighted by Crippen LogP contribution is -2.31. The van der Waals surface area contributed by atoms with Gasteiger partial charge in [0.05, 0.1) is 12.1 Å². The summed E-state index contributed by atoms with van der Waals surface area (Å²) in [4.78, 5) is 34.3. The van der Waals surface area contributed by atoms with E-state index in [9.17, 15) is 14.7 Å². The summed E-state index contributed by atoms with van der Waals surface area (Å²) in [6, 6.07) is 0. The van der Waals surface area contributed by atoms with Crippen molar-refractivity contribution in [3.63, 3.8) is 0 Å². The van der Waals surface area contributed by atoms with Gasteiger partial charge in [-0.3, -0.25) is 4.79 Å². The molecule has 11 nitrogen and oxygen atoms in total. The van der Waals surface area contributed by atoms with Gasteiger partial charge < -0.3 is 19.5 Å². The third-order valence-electron chi connectivity index (χ3n) is 6.75. The number of hydrogen-bond acceptors (Lipinski definition) is 8. The molecule has 0 bridgehead atoms. The second kappa shape index (κ2) is 10.4. The summed E-state index contributed by atoms with van der Waals surface area (Å²) in [5, 5.41) is 17.4. The Hall–Kier alpha value is -3.24. The van der Waals surface area contributed by atoms with Gasteiger partial charge in [-0.1, -0.05) is 18.1 Å². The lowest BCUT2D eigenvalue weighted by molar-refractivity contribution is -0.141. The number of amides is 1. The third-order valence-corrected chi connectivity index (χ3v) is 6.75. The molecule has 2 aromatic rings. The standard InChI is InChI=1S/C23H32N6O5/c1-14-21(34-17-9-8-16(10-17)22(30)31)24-11-18(25-14)20-19(29(3)27-26-20)13-33-23(32)28(2)12-15-6-4-5-7-15/h11,15-17H,4-10,12-13H2,1-3H3,(H,30,31)/t16-,17-/m0/s1. The zero-order chi connectivity index (χ0) is 24.2. The van der Waals surface area contributed by atoms with Crippen LogP contribution in [0.15, 0.2) is 6.20 Å². The summed E-state index contributed by atoms with van der Waals surface area (Å²) in [6.45, 7) is 2.50. The molecule has 4 rings (SSSR count). The van der Waals surface area contributed by atoms with Gasteiger partial charge in [0.1, 0.15) is 35.5 Å². The normalized spacial score (nSPS) is 20.4. The zero-order valence-electron chi connectivity index (χ0n) is 19.9. The first-order chi connectivity index (χ1) is 16.3. The van der Waals surface area contributed by atoms with Crippen molar-refractivity contribution in [2.45, 2.75) is 64.6 Å². The molecule has 2 saturated carbocycles. The quantitative estimate of drug-likeness (QED) is 0.615. The number of carbonyl (C=O) groups excluding carboxylic acids is 1. The summed E-state index contributed by atoms with van der Waals surface area (Å²) < 4.78 is 13.0. The second-order valence-corrected chi connectivity index (χ2v) is 9.33. The summed E-state index contributed by atoms with van der Waals surface area (Å²) in [6.07, 6.45) is 7.50. The average Bonchev–Trinajstić information content (AvgIpc) is 3.55. The van der Waals surface area contributed by atoms with Crippen LogP contribution in [0.2, 0.25) is 0 Å². The number of rotatable bonds is 8. The Morgan fingerprint density at radius 2 is 2.00 bits per heavy atom. The Bertz CT molecular complexity index is 1030. The van der Waals surface area contributed by atoms with Crippen molar-refractivity contribution in [3.8, 4) is 17.3 Å². The monoisotopic (exact) mass is 472 g/mol. The third kappa shape index (κ3) is 5.45. The molecule has 2 fully saturated rings. The minimum atomic E-state index is -0.787. The number of nitrogens with zero attached hydrogens (tertiary/aromatic N) is 6. The molecule has 2 aromatic heterocycles. The smallest absolute Gasteiger partial charge is 0.409 e. The first-order valence-corrected chi connectivity index (χ1v) is 11.8. The highest BCUT2D eigenvalue weighted by Gasteiger charge is 2.31. The van der Waals surface area contributed by atoms with Gasteiger partial charge in [0.25, 0.3) is 0 Å². The fourth-order valence-electron chi connectivity index (χ4n) is 4.76. The largest absolute Gasteiger partial charge is 0.481 e. The van der Waals surface area contributed by atoms with E-state index in [4.69, 9.17) is 9.47 Å². The Kier molecular flexibility index (Phi) is 7.28. The van der Waals surface area contributed by atoms with Crippen LogP contribution in [0.3, 0.4) is 0 Å². The summed E-state index contributed by atoms with van der Waals surface area (Å²) in [7, 11) is 3.50. The van der Waals surface area contributed by atoms with E-state index in [1.807, 2.05) is 0 Å². The van der Waals surface area contributed by atoms with Crippen molar-refractivity contribution < 1.29 is 24.2 Å². The maximum absolute atomic E-state index is 12.5. The van der Waals surface area contributed by atoms with Gasteiger partial charge in [-0.2, -0.15) is 0 Å². The highest BCUT2D eigenvalue weighted by molar-refractivity contribution is 5.70. The molecule has 0 radical (unpaired) electrons. The van der Waals surface area contributed by atoms with Gasteiger partial charge >= 0.3 is 12.1 Å².